The van der Waals surface area contributed by atoms with Gasteiger partial charge in [-0.05, 0) is 55.0 Å². The van der Waals surface area contributed by atoms with Crippen LogP contribution in [-0.4, -0.2) is 33.3 Å². The highest BCUT2D eigenvalue weighted by Crippen LogP contribution is 2.55. The van der Waals surface area contributed by atoms with Gasteiger partial charge in [-0.1, -0.05) is 25.1 Å². The summed E-state index contributed by atoms with van der Waals surface area (Å²) in [6.07, 6.45) is -1.83. The summed E-state index contributed by atoms with van der Waals surface area (Å²) in [7, 11) is 0. The van der Waals surface area contributed by atoms with Gasteiger partial charge in [-0.25, -0.2) is 0 Å². The van der Waals surface area contributed by atoms with E-state index in [1.807, 2.05) is 0 Å². The van der Waals surface area contributed by atoms with Crippen molar-refractivity contribution < 1.29 is 28.1 Å². The minimum Gasteiger partial charge on any atom is -0.507 e. The normalized spacial score (nSPS) is 25.2. The van der Waals surface area contributed by atoms with Crippen molar-refractivity contribution in [1.82, 2.24) is 0 Å². The SMILES string of the molecule is CC[C@H]1C[C@@](O)(C(F)(F)F)[C@@H](Nc2cccc3c2C=CC[N+]3=O)c2ccc(C)c(O)c21. The fraction of sp³-hybridized carbons (Fsp3) is 0.391. The van der Waals surface area contributed by atoms with Crippen LogP contribution in [0.5, 0.6) is 5.75 Å². The molecule has 5 nitrogen and oxygen atoms in total. The number of aromatic hydroxyl groups is 1. The highest BCUT2D eigenvalue weighted by Gasteiger charge is 2.62. The van der Waals surface area contributed by atoms with Crippen LogP contribution in [0, 0.1) is 11.8 Å². The van der Waals surface area contributed by atoms with Crippen molar-refractivity contribution in [2.24, 2.45) is 0 Å². The first-order valence-corrected chi connectivity index (χ1v) is 10.2. The predicted octanol–water partition coefficient (Wildman–Crippen LogP) is 5.48. The van der Waals surface area contributed by atoms with E-state index in [4.69, 9.17) is 0 Å². The third-order valence-electron chi connectivity index (χ3n) is 6.40. The van der Waals surface area contributed by atoms with E-state index in [-0.39, 0.29) is 17.9 Å². The number of nitrogens with zero attached hydrogens (tertiary/aromatic N) is 1. The zero-order valence-corrected chi connectivity index (χ0v) is 17.2. The van der Waals surface area contributed by atoms with E-state index >= 15 is 0 Å². The number of aliphatic hydroxyl groups is 1. The molecule has 0 radical (unpaired) electrons. The topological polar surface area (TPSA) is 72.6 Å². The largest absolute Gasteiger partial charge is 0.507 e. The van der Waals surface area contributed by atoms with Crippen molar-refractivity contribution in [1.29, 1.82) is 0 Å². The van der Waals surface area contributed by atoms with Gasteiger partial charge in [0.15, 0.2) is 5.60 Å². The number of halogens is 3. The molecule has 1 aliphatic heterocycles. The van der Waals surface area contributed by atoms with E-state index in [9.17, 15) is 28.3 Å². The average molecular weight is 433 g/mol. The number of phenols is 1. The van der Waals surface area contributed by atoms with Gasteiger partial charge in [-0.15, -0.1) is 0 Å². The van der Waals surface area contributed by atoms with Crippen molar-refractivity contribution in [3.8, 4) is 5.75 Å². The lowest BCUT2D eigenvalue weighted by Crippen LogP contribution is -2.55. The Bertz CT molecular complexity index is 1080. The molecule has 0 spiro atoms. The van der Waals surface area contributed by atoms with Gasteiger partial charge >= 0.3 is 6.18 Å². The summed E-state index contributed by atoms with van der Waals surface area (Å²) in [6, 6.07) is 6.30. The molecule has 0 saturated heterocycles. The molecule has 2 aromatic carbocycles. The first-order valence-electron chi connectivity index (χ1n) is 10.2. The minimum atomic E-state index is -4.91. The van der Waals surface area contributed by atoms with E-state index in [0.29, 0.717) is 34.5 Å². The van der Waals surface area contributed by atoms with E-state index in [2.05, 4.69) is 5.32 Å². The Kier molecular flexibility index (Phi) is 5.08. The van der Waals surface area contributed by atoms with Gasteiger partial charge < -0.3 is 15.5 Å². The Morgan fingerprint density at radius 3 is 2.68 bits per heavy atom. The Morgan fingerprint density at radius 2 is 2.00 bits per heavy atom. The molecule has 3 atom stereocenters. The van der Waals surface area contributed by atoms with Gasteiger partial charge in [0, 0.05) is 27.0 Å². The average Bonchev–Trinajstić information content (AvgIpc) is 2.72. The predicted molar refractivity (Wildman–Crippen MR) is 111 cm³/mol. The molecule has 1 heterocycles. The highest BCUT2D eigenvalue weighted by molar-refractivity contribution is 5.76. The number of aryl methyl sites for hydroxylation is 1. The summed E-state index contributed by atoms with van der Waals surface area (Å²) < 4.78 is 43.5. The zero-order valence-electron chi connectivity index (χ0n) is 17.2. The van der Waals surface area contributed by atoms with Crippen molar-refractivity contribution in [2.75, 3.05) is 11.9 Å². The molecule has 2 aromatic rings. The molecule has 4 rings (SSSR count). The minimum absolute atomic E-state index is 0.0407. The van der Waals surface area contributed by atoms with Crippen LogP contribution in [-0.2, 0) is 0 Å². The summed E-state index contributed by atoms with van der Waals surface area (Å²) in [5, 5.41) is 24.6. The summed E-state index contributed by atoms with van der Waals surface area (Å²) in [5.74, 6) is -0.692. The van der Waals surface area contributed by atoms with E-state index in [1.54, 1.807) is 50.3 Å². The molecule has 0 unspecified atom stereocenters. The number of rotatable bonds is 3. The first-order chi connectivity index (χ1) is 14.6. The standard InChI is InChI=1S/C23H23F3N2O3/c1-3-14-12-22(30,23(24,25)26)21(16-10-9-13(2)20(29)19(14)16)27-17-7-4-8-18-15(17)6-5-11-28(18)31/h4-10,14,21,27,30H,3,11-12H2,1-2H3/p+1/t14-,21-,22-/m0/s1. The van der Waals surface area contributed by atoms with E-state index in [0.717, 1.165) is 4.76 Å². The molecule has 0 fully saturated rings. The van der Waals surface area contributed by atoms with E-state index in [1.165, 1.54) is 6.07 Å². The smallest absolute Gasteiger partial charge is 0.419 e. The van der Waals surface area contributed by atoms with Gasteiger partial charge in [0.1, 0.15) is 5.75 Å². The lowest BCUT2D eigenvalue weighted by atomic mass is 9.68. The summed E-state index contributed by atoms with van der Waals surface area (Å²) in [4.78, 5) is 12.2. The highest BCUT2D eigenvalue weighted by atomic mass is 19.4. The fourth-order valence-corrected chi connectivity index (χ4v) is 4.68. The van der Waals surface area contributed by atoms with Gasteiger partial charge in [0.05, 0.1) is 11.6 Å². The first kappa shape index (κ1) is 21.4. The maximum absolute atomic E-state index is 14.2. The van der Waals surface area contributed by atoms with E-state index < -0.39 is 30.2 Å². The van der Waals surface area contributed by atoms with Crippen LogP contribution in [0.1, 0.15) is 54.0 Å². The second kappa shape index (κ2) is 7.37. The number of nitrogens with one attached hydrogen (secondary N) is 1. The molecule has 1 aliphatic carbocycles. The molecule has 0 saturated carbocycles. The molecule has 0 bridgehead atoms. The van der Waals surface area contributed by atoms with Crippen molar-refractivity contribution in [3.63, 3.8) is 0 Å². The van der Waals surface area contributed by atoms with Crippen LogP contribution in [0.4, 0.5) is 24.5 Å². The molecule has 31 heavy (non-hydrogen) atoms. The molecule has 8 heteroatoms. The molecular weight excluding hydrogens is 409 g/mol. The van der Waals surface area contributed by atoms with Gasteiger partial charge in [0.25, 0.3) is 5.69 Å². The van der Waals surface area contributed by atoms with Gasteiger partial charge in [0.2, 0.25) is 6.54 Å². The van der Waals surface area contributed by atoms with Crippen molar-refractivity contribution >= 4 is 17.5 Å². The number of hydrogen-bond donors (Lipinski definition) is 3. The second-order valence-corrected chi connectivity index (χ2v) is 8.24. The van der Waals surface area contributed by atoms with Crippen molar-refractivity contribution in [3.05, 3.63) is 63.6 Å². The Labute approximate surface area is 177 Å². The van der Waals surface area contributed by atoms with Crippen LogP contribution in [0.3, 0.4) is 0 Å². The molecule has 2 aliphatic rings. The number of anilines is 1. The number of fused-ring (bicyclic) bond motifs is 2. The second-order valence-electron chi connectivity index (χ2n) is 8.24. The Hall–Kier alpha value is -2.87. The Balaban J connectivity index is 1.91. The van der Waals surface area contributed by atoms with Gasteiger partial charge in [-0.3, -0.25) is 0 Å². The molecular formula is C23H24F3N2O3+. The fourth-order valence-electron chi connectivity index (χ4n) is 4.68. The lowest BCUT2D eigenvalue weighted by molar-refractivity contribution is -0.452. The van der Waals surface area contributed by atoms with Crippen LogP contribution < -0.4 is 5.32 Å². The number of nitroso groups, excluding NO2 is 1. The quantitative estimate of drug-likeness (QED) is 0.561. The summed E-state index contributed by atoms with van der Waals surface area (Å²) in [6.45, 7) is 3.58. The number of phenolic OH excluding ortho intramolecular Hbond substituents is 1. The molecule has 0 amide bonds. The van der Waals surface area contributed by atoms with Crippen molar-refractivity contribution in [2.45, 2.75) is 50.4 Å². The lowest BCUT2D eigenvalue weighted by Gasteiger charge is -2.46. The Morgan fingerprint density at radius 1 is 1.26 bits per heavy atom. The molecule has 0 aromatic heterocycles. The summed E-state index contributed by atoms with van der Waals surface area (Å²) >= 11 is 0. The van der Waals surface area contributed by atoms with Gasteiger partial charge in [-0.2, -0.15) is 13.2 Å². The van der Waals surface area contributed by atoms with Crippen LogP contribution in [0.25, 0.3) is 6.08 Å². The third kappa shape index (κ3) is 3.29. The summed E-state index contributed by atoms with van der Waals surface area (Å²) in [5.41, 5.74) is -0.739. The number of benzene rings is 2. The number of hydrogen-bond acceptors (Lipinski definition) is 4. The monoisotopic (exact) mass is 433 g/mol. The van der Waals surface area contributed by atoms with Crippen LogP contribution in [0.15, 0.2) is 36.4 Å². The maximum Gasteiger partial charge on any atom is 0.419 e. The molecule has 3 N–H and O–H groups in total. The van der Waals surface area contributed by atoms with Crippen LogP contribution >= 0.6 is 0 Å². The zero-order chi connectivity index (χ0) is 22.6. The third-order valence-corrected chi connectivity index (χ3v) is 6.40. The maximum atomic E-state index is 14.2. The van der Waals surface area contributed by atoms with Crippen LogP contribution in [0.2, 0.25) is 0 Å². The number of alkyl halides is 3. The molecule has 164 valence electrons.